The predicted octanol–water partition coefficient (Wildman–Crippen LogP) is 3.18. The van der Waals surface area contributed by atoms with Crippen LogP contribution >= 0.6 is 0 Å². The zero-order valence-corrected chi connectivity index (χ0v) is 13.2. The van der Waals surface area contributed by atoms with Crippen LogP contribution in [0.15, 0.2) is 24.3 Å². The SMILES string of the molecule is COC(=O)[C@@H](CCCc1ccc(C(C)(C)C)cc1)C(=O)O. The molecule has 0 amide bonds. The van der Waals surface area contributed by atoms with Gasteiger partial charge in [-0.1, -0.05) is 45.0 Å². The molecule has 0 fully saturated rings. The zero-order chi connectivity index (χ0) is 16.0. The number of methoxy groups -OCH3 is 1. The van der Waals surface area contributed by atoms with E-state index >= 15 is 0 Å². The minimum atomic E-state index is -1.12. The van der Waals surface area contributed by atoms with Crippen LogP contribution in [0.3, 0.4) is 0 Å². The van der Waals surface area contributed by atoms with Crippen LogP contribution in [-0.4, -0.2) is 24.2 Å². The molecule has 1 aromatic rings. The number of hydrogen-bond donors (Lipinski definition) is 1. The lowest BCUT2D eigenvalue weighted by molar-refractivity contribution is -0.157. The molecule has 4 heteroatoms. The second-order valence-electron chi connectivity index (χ2n) is 6.25. The predicted molar refractivity (Wildman–Crippen MR) is 81.2 cm³/mol. The molecule has 0 aliphatic heterocycles. The fourth-order valence-corrected chi connectivity index (χ4v) is 2.17. The van der Waals surface area contributed by atoms with Gasteiger partial charge in [0.1, 0.15) is 0 Å². The molecule has 0 aliphatic rings. The maximum atomic E-state index is 11.3. The summed E-state index contributed by atoms with van der Waals surface area (Å²) in [5.41, 5.74) is 2.54. The van der Waals surface area contributed by atoms with Crippen LogP contribution in [0, 0.1) is 5.92 Å². The van der Waals surface area contributed by atoms with Gasteiger partial charge >= 0.3 is 11.9 Å². The number of carbonyl (C=O) groups excluding carboxylic acids is 1. The van der Waals surface area contributed by atoms with E-state index in [2.05, 4.69) is 49.8 Å². The number of hydrogen-bond acceptors (Lipinski definition) is 3. The third-order valence-electron chi connectivity index (χ3n) is 3.56. The molecule has 21 heavy (non-hydrogen) atoms. The third kappa shape index (κ3) is 5.21. The van der Waals surface area contributed by atoms with Crippen molar-refractivity contribution >= 4 is 11.9 Å². The number of carboxylic acid groups (broad SMARTS) is 1. The van der Waals surface area contributed by atoms with E-state index in [1.165, 1.54) is 12.7 Å². The van der Waals surface area contributed by atoms with Gasteiger partial charge in [-0.2, -0.15) is 0 Å². The van der Waals surface area contributed by atoms with Gasteiger partial charge in [-0.25, -0.2) is 0 Å². The summed E-state index contributed by atoms with van der Waals surface area (Å²) in [6.45, 7) is 6.49. The van der Waals surface area contributed by atoms with Crippen LogP contribution in [0.25, 0.3) is 0 Å². The van der Waals surface area contributed by atoms with Gasteiger partial charge < -0.3 is 9.84 Å². The largest absolute Gasteiger partial charge is 0.481 e. The second kappa shape index (κ2) is 7.25. The summed E-state index contributed by atoms with van der Waals surface area (Å²) in [4.78, 5) is 22.3. The smallest absolute Gasteiger partial charge is 0.320 e. The first-order valence-corrected chi connectivity index (χ1v) is 7.15. The van der Waals surface area contributed by atoms with Crippen molar-refractivity contribution in [1.29, 1.82) is 0 Å². The Hall–Kier alpha value is -1.84. The molecule has 0 heterocycles. The van der Waals surface area contributed by atoms with Crippen molar-refractivity contribution in [1.82, 2.24) is 0 Å². The Kier molecular flexibility index (Phi) is 5.94. The molecule has 116 valence electrons. The molecular formula is C17H24O4. The van der Waals surface area contributed by atoms with Crippen molar-refractivity contribution in [3.05, 3.63) is 35.4 Å². The average Bonchev–Trinajstić information content (AvgIpc) is 2.42. The summed E-state index contributed by atoms with van der Waals surface area (Å²) in [7, 11) is 1.21. The van der Waals surface area contributed by atoms with E-state index in [0.29, 0.717) is 12.8 Å². The van der Waals surface area contributed by atoms with Crippen molar-refractivity contribution in [2.45, 2.75) is 45.4 Å². The Balaban J connectivity index is 2.56. The van der Waals surface area contributed by atoms with Crippen LogP contribution in [-0.2, 0) is 26.2 Å². The number of esters is 1. The fraction of sp³-hybridized carbons (Fsp3) is 0.529. The van der Waals surface area contributed by atoms with E-state index in [9.17, 15) is 9.59 Å². The molecule has 0 saturated heterocycles. The Bertz CT molecular complexity index is 483. The Morgan fingerprint density at radius 1 is 1.19 bits per heavy atom. The molecule has 1 rings (SSSR count). The van der Waals surface area contributed by atoms with Gasteiger partial charge in [0.15, 0.2) is 5.92 Å². The number of carbonyl (C=O) groups is 2. The topological polar surface area (TPSA) is 63.6 Å². The molecule has 0 unspecified atom stereocenters. The first kappa shape index (κ1) is 17.2. The lowest BCUT2D eigenvalue weighted by Gasteiger charge is -2.19. The first-order chi connectivity index (χ1) is 9.75. The highest BCUT2D eigenvalue weighted by Crippen LogP contribution is 2.22. The molecule has 1 aromatic carbocycles. The van der Waals surface area contributed by atoms with E-state index < -0.39 is 17.9 Å². The highest BCUT2D eigenvalue weighted by molar-refractivity contribution is 5.93. The third-order valence-corrected chi connectivity index (χ3v) is 3.56. The van der Waals surface area contributed by atoms with Crippen molar-refractivity contribution in [3.8, 4) is 0 Å². The lowest BCUT2D eigenvalue weighted by Crippen LogP contribution is -2.25. The van der Waals surface area contributed by atoms with Crippen molar-refractivity contribution < 1.29 is 19.4 Å². The molecule has 0 aromatic heterocycles. The molecular weight excluding hydrogens is 268 g/mol. The van der Waals surface area contributed by atoms with E-state index in [1.807, 2.05) is 0 Å². The maximum absolute atomic E-state index is 11.3. The summed E-state index contributed by atoms with van der Waals surface area (Å²) in [6.07, 6.45) is 1.69. The molecule has 0 spiro atoms. The van der Waals surface area contributed by atoms with Crippen molar-refractivity contribution in [2.24, 2.45) is 5.92 Å². The van der Waals surface area contributed by atoms with Crippen LogP contribution in [0.1, 0.15) is 44.7 Å². The first-order valence-electron chi connectivity index (χ1n) is 7.15. The molecule has 0 saturated carbocycles. The summed E-state index contributed by atoms with van der Waals surface area (Å²) in [5.74, 6) is -2.86. The quantitative estimate of drug-likeness (QED) is 0.646. The van der Waals surface area contributed by atoms with Gasteiger partial charge in [-0.15, -0.1) is 0 Å². The van der Waals surface area contributed by atoms with Gasteiger partial charge in [0.25, 0.3) is 0 Å². The summed E-state index contributed by atoms with van der Waals surface area (Å²) in [5, 5.41) is 9.00. The Morgan fingerprint density at radius 2 is 1.76 bits per heavy atom. The highest BCUT2D eigenvalue weighted by Gasteiger charge is 2.26. The average molecular weight is 292 g/mol. The summed E-state index contributed by atoms with van der Waals surface area (Å²) >= 11 is 0. The highest BCUT2D eigenvalue weighted by atomic mass is 16.5. The molecule has 4 nitrogen and oxygen atoms in total. The molecule has 0 bridgehead atoms. The van der Waals surface area contributed by atoms with E-state index in [-0.39, 0.29) is 5.41 Å². The van der Waals surface area contributed by atoms with Gasteiger partial charge in [0.2, 0.25) is 0 Å². The van der Waals surface area contributed by atoms with Gasteiger partial charge in [0.05, 0.1) is 7.11 Å². The summed E-state index contributed by atoms with van der Waals surface area (Å²) < 4.78 is 4.51. The summed E-state index contributed by atoms with van der Waals surface area (Å²) in [6, 6.07) is 8.33. The molecule has 0 aliphatic carbocycles. The van der Waals surface area contributed by atoms with Crippen molar-refractivity contribution in [2.75, 3.05) is 7.11 Å². The molecule has 1 N–H and O–H groups in total. The lowest BCUT2D eigenvalue weighted by atomic mass is 9.86. The van der Waals surface area contributed by atoms with Gasteiger partial charge in [-0.3, -0.25) is 9.59 Å². The van der Waals surface area contributed by atoms with E-state index in [1.54, 1.807) is 0 Å². The minimum absolute atomic E-state index is 0.123. The van der Waals surface area contributed by atoms with E-state index in [4.69, 9.17) is 5.11 Å². The number of carboxylic acids is 1. The minimum Gasteiger partial charge on any atom is -0.481 e. The standard InChI is InChI=1S/C17H24O4/c1-17(2,3)13-10-8-12(9-11-13)6-5-7-14(15(18)19)16(20)21-4/h8-11,14H,5-7H2,1-4H3,(H,18,19)/t14-/m0/s1. The van der Waals surface area contributed by atoms with Crippen LogP contribution in [0.2, 0.25) is 0 Å². The molecule has 0 radical (unpaired) electrons. The second-order valence-corrected chi connectivity index (χ2v) is 6.25. The fourth-order valence-electron chi connectivity index (χ4n) is 2.17. The number of rotatable bonds is 6. The number of aryl methyl sites for hydroxylation is 1. The van der Waals surface area contributed by atoms with Gasteiger partial charge in [0, 0.05) is 0 Å². The van der Waals surface area contributed by atoms with Crippen molar-refractivity contribution in [3.63, 3.8) is 0 Å². The van der Waals surface area contributed by atoms with Crippen LogP contribution < -0.4 is 0 Å². The normalized spacial score (nSPS) is 12.8. The number of ether oxygens (including phenoxy) is 1. The van der Waals surface area contributed by atoms with E-state index in [0.717, 1.165) is 12.0 Å². The monoisotopic (exact) mass is 292 g/mol. The zero-order valence-electron chi connectivity index (χ0n) is 13.2. The molecule has 1 atom stereocenters. The Morgan fingerprint density at radius 3 is 2.19 bits per heavy atom. The Labute approximate surface area is 126 Å². The number of aliphatic carboxylic acids is 1. The van der Waals surface area contributed by atoms with Gasteiger partial charge in [-0.05, 0) is 35.8 Å². The maximum Gasteiger partial charge on any atom is 0.320 e. The van der Waals surface area contributed by atoms with Crippen LogP contribution in [0.5, 0.6) is 0 Å². The number of benzene rings is 1. The van der Waals surface area contributed by atoms with Crippen LogP contribution in [0.4, 0.5) is 0 Å².